The molecule has 0 aromatic carbocycles. The fourth-order valence-corrected chi connectivity index (χ4v) is 3.31. The van der Waals surface area contributed by atoms with E-state index < -0.39 is 0 Å². The summed E-state index contributed by atoms with van der Waals surface area (Å²) in [5.41, 5.74) is 5.72. The SMILES string of the molecule is NCC1CCCCN1C(=O)CNC(=O)NC1CCCCC1. The molecule has 1 saturated heterocycles. The minimum atomic E-state index is -0.225. The van der Waals surface area contributed by atoms with E-state index in [2.05, 4.69) is 10.6 Å². The standard InChI is InChI=1S/C15H28N4O2/c16-10-13-8-4-5-9-19(13)14(20)11-17-15(21)18-12-6-2-1-3-7-12/h12-13H,1-11,16H2,(H2,17,18,21). The molecule has 1 atom stereocenters. The zero-order valence-corrected chi connectivity index (χ0v) is 12.8. The van der Waals surface area contributed by atoms with Crippen molar-refractivity contribution in [3.63, 3.8) is 0 Å². The minimum Gasteiger partial charge on any atom is -0.337 e. The van der Waals surface area contributed by atoms with Gasteiger partial charge in [0, 0.05) is 25.2 Å². The van der Waals surface area contributed by atoms with Crippen LogP contribution in [0.4, 0.5) is 4.79 Å². The first kappa shape index (κ1) is 16.1. The third-order valence-corrected chi connectivity index (χ3v) is 4.56. The number of hydrogen-bond donors (Lipinski definition) is 3. The quantitative estimate of drug-likeness (QED) is 0.722. The summed E-state index contributed by atoms with van der Waals surface area (Å²) in [5, 5.41) is 5.65. The number of rotatable bonds is 4. The van der Waals surface area contributed by atoms with E-state index in [4.69, 9.17) is 5.73 Å². The lowest BCUT2D eigenvalue weighted by molar-refractivity contribution is -0.133. The molecule has 2 fully saturated rings. The number of amides is 3. The van der Waals surface area contributed by atoms with Crippen LogP contribution in [-0.4, -0.2) is 48.6 Å². The van der Waals surface area contributed by atoms with Crippen LogP contribution in [0.15, 0.2) is 0 Å². The van der Waals surface area contributed by atoms with Gasteiger partial charge in [0.2, 0.25) is 5.91 Å². The number of nitrogens with one attached hydrogen (secondary N) is 2. The molecular weight excluding hydrogens is 268 g/mol. The summed E-state index contributed by atoms with van der Waals surface area (Å²) in [4.78, 5) is 25.8. The molecule has 1 saturated carbocycles. The normalized spacial score (nSPS) is 23.7. The van der Waals surface area contributed by atoms with Crippen molar-refractivity contribution in [1.82, 2.24) is 15.5 Å². The van der Waals surface area contributed by atoms with Crippen molar-refractivity contribution in [3.8, 4) is 0 Å². The number of piperidine rings is 1. The van der Waals surface area contributed by atoms with Crippen molar-refractivity contribution in [2.75, 3.05) is 19.6 Å². The van der Waals surface area contributed by atoms with Gasteiger partial charge in [-0.2, -0.15) is 0 Å². The highest BCUT2D eigenvalue weighted by atomic mass is 16.2. The monoisotopic (exact) mass is 296 g/mol. The van der Waals surface area contributed by atoms with E-state index in [1.165, 1.54) is 19.3 Å². The second-order valence-electron chi connectivity index (χ2n) is 6.13. The Morgan fingerprint density at radius 2 is 1.76 bits per heavy atom. The van der Waals surface area contributed by atoms with E-state index in [0.29, 0.717) is 6.54 Å². The lowest BCUT2D eigenvalue weighted by atomic mass is 9.96. The molecule has 1 heterocycles. The fourth-order valence-electron chi connectivity index (χ4n) is 3.31. The number of nitrogens with zero attached hydrogens (tertiary/aromatic N) is 1. The van der Waals surface area contributed by atoms with Crippen LogP contribution >= 0.6 is 0 Å². The lowest BCUT2D eigenvalue weighted by Crippen LogP contribution is -2.52. The van der Waals surface area contributed by atoms with Crippen molar-refractivity contribution in [2.24, 2.45) is 5.73 Å². The zero-order valence-electron chi connectivity index (χ0n) is 12.8. The molecule has 1 unspecified atom stereocenters. The van der Waals surface area contributed by atoms with Crippen LogP contribution in [0.3, 0.4) is 0 Å². The highest BCUT2D eigenvalue weighted by molar-refractivity contribution is 5.84. The van der Waals surface area contributed by atoms with Crippen molar-refractivity contribution < 1.29 is 9.59 Å². The van der Waals surface area contributed by atoms with Crippen LogP contribution in [0.1, 0.15) is 51.4 Å². The third kappa shape index (κ3) is 4.88. The van der Waals surface area contributed by atoms with Crippen molar-refractivity contribution in [1.29, 1.82) is 0 Å². The summed E-state index contributed by atoms with van der Waals surface area (Å²) in [6.07, 6.45) is 8.82. The zero-order chi connectivity index (χ0) is 15.1. The average Bonchev–Trinajstić information content (AvgIpc) is 2.53. The van der Waals surface area contributed by atoms with Gasteiger partial charge in [-0.25, -0.2) is 4.79 Å². The van der Waals surface area contributed by atoms with E-state index in [0.717, 1.165) is 38.6 Å². The molecule has 3 amide bonds. The third-order valence-electron chi connectivity index (χ3n) is 4.56. The van der Waals surface area contributed by atoms with Crippen LogP contribution in [0.25, 0.3) is 0 Å². The van der Waals surface area contributed by atoms with Crippen molar-refractivity contribution in [2.45, 2.75) is 63.5 Å². The van der Waals surface area contributed by atoms with Gasteiger partial charge in [0.05, 0.1) is 6.54 Å². The van der Waals surface area contributed by atoms with Gasteiger partial charge >= 0.3 is 6.03 Å². The van der Waals surface area contributed by atoms with E-state index >= 15 is 0 Å². The topological polar surface area (TPSA) is 87.5 Å². The first-order chi connectivity index (χ1) is 10.2. The highest BCUT2D eigenvalue weighted by Gasteiger charge is 2.25. The van der Waals surface area contributed by atoms with Gasteiger partial charge < -0.3 is 21.3 Å². The number of carbonyl (C=O) groups is 2. The maximum atomic E-state index is 12.2. The number of hydrogen-bond acceptors (Lipinski definition) is 3. The Bertz CT molecular complexity index is 356. The summed E-state index contributed by atoms with van der Waals surface area (Å²) >= 11 is 0. The maximum Gasteiger partial charge on any atom is 0.315 e. The average molecular weight is 296 g/mol. The number of urea groups is 1. The van der Waals surface area contributed by atoms with E-state index in [1.807, 2.05) is 4.90 Å². The highest BCUT2D eigenvalue weighted by Crippen LogP contribution is 2.17. The summed E-state index contributed by atoms with van der Waals surface area (Å²) in [7, 11) is 0. The molecule has 1 aliphatic heterocycles. The van der Waals surface area contributed by atoms with Gasteiger partial charge in [0.1, 0.15) is 0 Å². The Morgan fingerprint density at radius 1 is 1.05 bits per heavy atom. The summed E-state index contributed by atoms with van der Waals surface area (Å²) in [6.45, 7) is 1.32. The predicted molar refractivity (Wildman–Crippen MR) is 81.8 cm³/mol. The molecule has 0 spiro atoms. The minimum absolute atomic E-state index is 0.0241. The molecule has 120 valence electrons. The van der Waals surface area contributed by atoms with Crippen LogP contribution < -0.4 is 16.4 Å². The molecule has 4 N–H and O–H groups in total. The van der Waals surface area contributed by atoms with E-state index in [-0.39, 0.29) is 30.6 Å². The Labute approximate surface area is 126 Å². The van der Waals surface area contributed by atoms with Gasteiger partial charge in [-0.3, -0.25) is 4.79 Å². The predicted octanol–water partition coefficient (Wildman–Crippen LogP) is 0.958. The molecule has 21 heavy (non-hydrogen) atoms. The Kier molecular flexibility index (Phi) is 6.29. The Hall–Kier alpha value is -1.30. The molecule has 0 aromatic rings. The van der Waals surface area contributed by atoms with Crippen LogP contribution in [0.2, 0.25) is 0 Å². The first-order valence-corrected chi connectivity index (χ1v) is 8.24. The van der Waals surface area contributed by atoms with Crippen molar-refractivity contribution >= 4 is 11.9 Å². The Balaban J connectivity index is 1.70. The molecule has 0 aromatic heterocycles. The van der Waals surface area contributed by atoms with Gasteiger partial charge in [0.25, 0.3) is 0 Å². The molecule has 0 bridgehead atoms. The van der Waals surface area contributed by atoms with Gasteiger partial charge in [0.15, 0.2) is 0 Å². The lowest BCUT2D eigenvalue weighted by Gasteiger charge is -2.35. The summed E-state index contributed by atoms with van der Waals surface area (Å²) in [5.74, 6) is -0.0241. The molecule has 2 aliphatic rings. The second kappa shape index (κ2) is 8.22. The van der Waals surface area contributed by atoms with Gasteiger partial charge in [-0.05, 0) is 32.1 Å². The smallest absolute Gasteiger partial charge is 0.315 e. The molecule has 6 heteroatoms. The molecular formula is C15H28N4O2. The molecule has 0 radical (unpaired) electrons. The van der Waals surface area contributed by atoms with Crippen LogP contribution in [0.5, 0.6) is 0 Å². The first-order valence-electron chi connectivity index (χ1n) is 8.24. The van der Waals surface area contributed by atoms with Crippen LogP contribution in [0, 0.1) is 0 Å². The summed E-state index contributed by atoms with van der Waals surface area (Å²) < 4.78 is 0. The summed E-state index contributed by atoms with van der Waals surface area (Å²) in [6, 6.07) is 0.173. The molecule has 6 nitrogen and oxygen atoms in total. The molecule has 1 aliphatic carbocycles. The number of likely N-dealkylation sites (tertiary alicyclic amines) is 1. The fraction of sp³-hybridized carbons (Fsp3) is 0.867. The second-order valence-corrected chi connectivity index (χ2v) is 6.13. The number of nitrogens with two attached hydrogens (primary N) is 1. The van der Waals surface area contributed by atoms with Gasteiger partial charge in [-0.1, -0.05) is 19.3 Å². The van der Waals surface area contributed by atoms with Gasteiger partial charge in [-0.15, -0.1) is 0 Å². The van der Waals surface area contributed by atoms with E-state index in [1.54, 1.807) is 0 Å². The largest absolute Gasteiger partial charge is 0.337 e. The van der Waals surface area contributed by atoms with Crippen LogP contribution in [-0.2, 0) is 4.79 Å². The number of carbonyl (C=O) groups excluding carboxylic acids is 2. The molecule has 2 rings (SSSR count). The maximum absolute atomic E-state index is 12.2. The van der Waals surface area contributed by atoms with Crippen molar-refractivity contribution in [3.05, 3.63) is 0 Å². The Morgan fingerprint density at radius 3 is 2.48 bits per heavy atom. The van der Waals surface area contributed by atoms with E-state index in [9.17, 15) is 9.59 Å².